The Hall–Kier alpha value is -0.870. The van der Waals surface area contributed by atoms with Gasteiger partial charge in [-0.3, -0.25) is 4.79 Å². The molecule has 1 heterocycles. The van der Waals surface area contributed by atoms with Crippen LogP contribution in [-0.2, 0) is 11.3 Å². The van der Waals surface area contributed by atoms with Crippen molar-refractivity contribution < 1.29 is 10.1 Å². The van der Waals surface area contributed by atoms with Crippen LogP contribution >= 0.6 is 11.3 Å². The van der Waals surface area contributed by atoms with Gasteiger partial charge in [0.1, 0.15) is 6.54 Å². The second kappa shape index (κ2) is 5.40. The van der Waals surface area contributed by atoms with Crippen molar-refractivity contribution >= 4 is 17.2 Å². The predicted molar refractivity (Wildman–Crippen MR) is 86.0 cm³/mol. The number of carbonyl (C=O) groups excluding carboxylic acids is 1. The van der Waals surface area contributed by atoms with Crippen molar-refractivity contribution in [1.82, 2.24) is 5.32 Å². The molecule has 0 spiro atoms. The van der Waals surface area contributed by atoms with Gasteiger partial charge < -0.3 is 10.6 Å². The van der Waals surface area contributed by atoms with Crippen molar-refractivity contribution in [1.29, 1.82) is 0 Å². The molecule has 1 amide bonds. The van der Waals surface area contributed by atoms with Crippen LogP contribution in [0.25, 0.3) is 0 Å². The monoisotopic (exact) mass is 307 g/mol. The maximum absolute atomic E-state index is 12.4. The smallest absolute Gasteiger partial charge is 0.275 e. The fraction of sp³-hybridized carbons (Fsp3) is 0.706. The molecule has 116 valence electrons. The molecule has 3 atom stereocenters. The summed E-state index contributed by atoms with van der Waals surface area (Å²) in [4.78, 5) is 13.7. The summed E-state index contributed by atoms with van der Waals surface area (Å²) in [5.41, 5.74) is 0.198. The lowest BCUT2D eigenvalue weighted by Crippen LogP contribution is -2.85. The molecule has 2 bridgehead atoms. The molecule has 2 saturated carbocycles. The Morgan fingerprint density at radius 3 is 2.76 bits per heavy atom. The van der Waals surface area contributed by atoms with E-state index in [2.05, 4.69) is 48.9 Å². The predicted octanol–water partition coefficient (Wildman–Crippen LogP) is 2.14. The number of thiophene rings is 1. The van der Waals surface area contributed by atoms with Gasteiger partial charge in [-0.25, -0.2) is 0 Å². The third kappa shape index (κ3) is 2.53. The normalized spacial score (nSPS) is 33.3. The van der Waals surface area contributed by atoms with Crippen LogP contribution in [0, 0.1) is 17.3 Å². The largest absolute Gasteiger partial charge is 0.345 e. The Bertz CT molecular complexity index is 511. The van der Waals surface area contributed by atoms with Gasteiger partial charge in [-0.05, 0) is 54.9 Å². The van der Waals surface area contributed by atoms with Gasteiger partial charge in [0.15, 0.2) is 6.54 Å². The SMILES string of the molecule is CC1(C)[C@H]2CC[C@H](C2)[C@@]1(C)NC(=O)C[NH2+]Cc1cccs1. The van der Waals surface area contributed by atoms with Crippen LogP contribution in [0.4, 0.5) is 0 Å². The van der Waals surface area contributed by atoms with Gasteiger partial charge in [-0.2, -0.15) is 0 Å². The first kappa shape index (κ1) is 15.0. The van der Waals surface area contributed by atoms with E-state index in [1.807, 2.05) is 0 Å². The van der Waals surface area contributed by atoms with E-state index in [4.69, 9.17) is 0 Å². The first-order valence-corrected chi connectivity index (χ1v) is 8.96. The number of amides is 1. The molecule has 2 aliphatic rings. The third-order valence-electron chi connectivity index (χ3n) is 6.26. The summed E-state index contributed by atoms with van der Waals surface area (Å²) < 4.78 is 0. The number of rotatable bonds is 5. The average molecular weight is 307 g/mol. The molecular formula is C17H27N2OS+. The van der Waals surface area contributed by atoms with Gasteiger partial charge in [-0.1, -0.05) is 19.9 Å². The Morgan fingerprint density at radius 2 is 2.14 bits per heavy atom. The van der Waals surface area contributed by atoms with Crippen LogP contribution in [0.3, 0.4) is 0 Å². The average Bonchev–Trinajstić information content (AvgIpc) is 3.11. The Kier molecular flexibility index (Phi) is 3.87. The molecule has 0 aromatic carbocycles. The summed E-state index contributed by atoms with van der Waals surface area (Å²) in [5.74, 6) is 1.64. The highest BCUT2D eigenvalue weighted by atomic mass is 32.1. The fourth-order valence-corrected chi connectivity index (χ4v) is 5.19. The summed E-state index contributed by atoms with van der Waals surface area (Å²) in [6.45, 7) is 8.38. The van der Waals surface area contributed by atoms with Crippen LogP contribution in [0.15, 0.2) is 17.5 Å². The molecule has 0 unspecified atom stereocenters. The Labute approximate surface area is 131 Å². The lowest BCUT2D eigenvalue weighted by Gasteiger charge is -2.48. The van der Waals surface area contributed by atoms with E-state index in [9.17, 15) is 4.79 Å². The van der Waals surface area contributed by atoms with Gasteiger partial charge in [-0.15, -0.1) is 11.3 Å². The first-order chi connectivity index (χ1) is 9.93. The standard InChI is InChI=1S/C17H26N2OS/c1-16(2)12-6-7-13(9-12)17(16,3)19-15(20)11-18-10-14-5-4-8-21-14/h4-5,8,12-13,18H,6-7,9-11H2,1-3H3,(H,19,20)/p+1/t12-,13+,17+/m0/s1. The highest BCUT2D eigenvalue weighted by molar-refractivity contribution is 7.09. The van der Waals surface area contributed by atoms with E-state index in [-0.39, 0.29) is 16.9 Å². The molecule has 3 rings (SSSR count). The highest BCUT2D eigenvalue weighted by Gasteiger charge is 2.60. The van der Waals surface area contributed by atoms with Gasteiger partial charge in [0.25, 0.3) is 5.91 Å². The topological polar surface area (TPSA) is 45.7 Å². The number of carbonyl (C=O) groups is 1. The zero-order valence-corrected chi connectivity index (χ0v) is 14.1. The number of nitrogens with one attached hydrogen (secondary N) is 1. The van der Waals surface area contributed by atoms with E-state index in [0.717, 1.165) is 12.5 Å². The van der Waals surface area contributed by atoms with E-state index in [1.54, 1.807) is 11.3 Å². The van der Waals surface area contributed by atoms with Crippen molar-refractivity contribution in [2.75, 3.05) is 6.54 Å². The molecule has 4 heteroatoms. The highest BCUT2D eigenvalue weighted by Crippen LogP contribution is 2.61. The van der Waals surface area contributed by atoms with Gasteiger partial charge in [0, 0.05) is 5.54 Å². The van der Waals surface area contributed by atoms with Gasteiger partial charge in [0.2, 0.25) is 0 Å². The molecule has 2 fully saturated rings. The fourth-order valence-electron chi connectivity index (χ4n) is 4.49. The zero-order chi connectivity index (χ0) is 15.1. The molecule has 2 aliphatic carbocycles. The van der Waals surface area contributed by atoms with Crippen LogP contribution in [0.1, 0.15) is 44.9 Å². The zero-order valence-electron chi connectivity index (χ0n) is 13.3. The van der Waals surface area contributed by atoms with Crippen LogP contribution in [0.2, 0.25) is 0 Å². The van der Waals surface area contributed by atoms with Crippen molar-refractivity contribution in [3.8, 4) is 0 Å². The molecule has 0 radical (unpaired) electrons. The molecular weight excluding hydrogens is 280 g/mol. The van der Waals surface area contributed by atoms with Gasteiger partial charge >= 0.3 is 0 Å². The summed E-state index contributed by atoms with van der Waals surface area (Å²) in [6, 6.07) is 4.19. The number of nitrogens with two attached hydrogens (primary N) is 1. The molecule has 21 heavy (non-hydrogen) atoms. The second-order valence-corrected chi connectivity index (χ2v) is 8.49. The van der Waals surface area contributed by atoms with Crippen molar-refractivity contribution in [2.45, 2.75) is 52.1 Å². The number of quaternary nitrogens is 1. The minimum absolute atomic E-state index is 0.0240. The Balaban J connectivity index is 1.54. The molecule has 3 nitrogen and oxygen atoms in total. The van der Waals surface area contributed by atoms with Crippen molar-refractivity contribution in [3.05, 3.63) is 22.4 Å². The van der Waals surface area contributed by atoms with Crippen molar-refractivity contribution in [3.63, 3.8) is 0 Å². The number of fused-ring (bicyclic) bond motifs is 2. The summed E-state index contributed by atoms with van der Waals surface area (Å²) in [5, 5.41) is 7.58. The maximum atomic E-state index is 12.4. The second-order valence-electron chi connectivity index (χ2n) is 7.46. The maximum Gasteiger partial charge on any atom is 0.275 e. The minimum Gasteiger partial charge on any atom is -0.345 e. The quantitative estimate of drug-likeness (QED) is 0.860. The lowest BCUT2D eigenvalue weighted by molar-refractivity contribution is -0.659. The van der Waals surface area contributed by atoms with E-state index in [0.29, 0.717) is 12.5 Å². The Morgan fingerprint density at radius 1 is 1.38 bits per heavy atom. The summed E-state index contributed by atoms with van der Waals surface area (Å²) in [7, 11) is 0. The summed E-state index contributed by atoms with van der Waals surface area (Å²) in [6.07, 6.45) is 3.92. The third-order valence-corrected chi connectivity index (χ3v) is 7.16. The van der Waals surface area contributed by atoms with Crippen molar-refractivity contribution in [2.24, 2.45) is 17.3 Å². The number of hydrogen-bond donors (Lipinski definition) is 2. The molecule has 1 aromatic heterocycles. The van der Waals surface area contributed by atoms with E-state index < -0.39 is 0 Å². The van der Waals surface area contributed by atoms with E-state index in [1.165, 1.54) is 24.1 Å². The first-order valence-electron chi connectivity index (χ1n) is 8.08. The summed E-state index contributed by atoms with van der Waals surface area (Å²) >= 11 is 1.75. The molecule has 3 N–H and O–H groups in total. The van der Waals surface area contributed by atoms with Crippen LogP contribution < -0.4 is 10.6 Å². The van der Waals surface area contributed by atoms with Gasteiger partial charge in [0.05, 0.1) is 4.88 Å². The molecule has 0 aliphatic heterocycles. The van der Waals surface area contributed by atoms with Crippen LogP contribution in [0.5, 0.6) is 0 Å². The lowest BCUT2D eigenvalue weighted by atomic mass is 9.64. The van der Waals surface area contributed by atoms with Crippen LogP contribution in [-0.4, -0.2) is 18.0 Å². The molecule has 1 aromatic rings. The number of hydrogen-bond acceptors (Lipinski definition) is 2. The molecule has 0 saturated heterocycles. The van der Waals surface area contributed by atoms with E-state index >= 15 is 0 Å². The minimum atomic E-state index is -0.0240.